The Morgan fingerprint density at radius 1 is 1.14 bits per heavy atom. The highest BCUT2D eigenvalue weighted by molar-refractivity contribution is 6.31. The van der Waals surface area contributed by atoms with Crippen molar-refractivity contribution in [1.29, 1.82) is 0 Å². The molecule has 0 fully saturated rings. The topological polar surface area (TPSA) is 69.0 Å². The summed E-state index contributed by atoms with van der Waals surface area (Å²) < 4.78 is 17.0. The Labute approximate surface area is 172 Å². The molecule has 1 aliphatic heterocycles. The minimum absolute atomic E-state index is 0.0580. The van der Waals surface area contributed by atoms with Crippen LogP contribution in [0.4, 0.5) is 0 Å². The van der Waals surface area contributed by atoms with E-state index < -0.39 is 6.04 Å². The molecule has 0 saturated heterocycles. The van der Waals surface area contributed by atoms with Crippen LogP contribution in [0.25, 0.3) is 11.0 Å². The Morgan fingerprint density at radius 3 is 2.66 bits per heavy atom. The van der Waals surface area contributed by atoms with Gasteiger partial charge in [-0.2, -0.15) is 0 Å². The fraction of sp³-hybridized carbons (Fsp3) is 0.273. The van der Waals surface area contributed by atoms with E-state index in [0.717, 1.165) is 12.0 Å². The zero-order valence-corrected chi connectivity index (χ0v) is 17.1. The van der Waals surface area contributed by atoms with Gasteiger partial charge in [-0.05, 0) is 42.3 Å². The summed E-state index contributed by atoms with van der Waals surface area (Å²) in [4.78, 5) is 27.6. The Balaban J connectivity index is 1.89. The standard InChI is InChI=1S/C22H20ClNO5/c1-4-9-28-16-7-5-12(10-17(16)27-3)19-18-20(25)14-11-13(23)6-8-15(14)29-21(18)22(26)24(19)2/h5-8,10-11,19H,4,9H2,1-3H3/t19-/m1/s1. The summed E-state index contributed by atoms with van der Waals surface area (Å²) in [7, 11) is 3.20. The predicted molar refractivity (Wildman–Crippen MR) is 110 cm³/mol. The quantitative estimate of drug-likeness (QED) is 0.619. The van der Waals surface area contributed by atoms with Gasteiger partial charge in [0.25, 0.3) is 5.91 Å². The van der Waals surface area contributed by atoms with Crippen molar-refractivity contribution in [1.82, 2.24) is 4.90 Å². The van der Waals surface area contributed by atoms with E-state index in [0.29, 0.717) is 39.7 Å². The van der Waals surface area contributed by atoms with Crippen LogP contribution in [0.2, 0.25) is 5.02 Å². The Kier molecular flexibility index (Phi) is 4.96. The van der Waals surface area contributed by atoms with Crippen LogP contribution in [0, 0.1) is 0 Å². The molecule has 0 bridgehead atoms. The molecule has 0 radical (unpaired) electrons. The lowest BCUT2D eigenvalue weighted by Gasteiger charge is -2.21. The molecule has 4 rings (SSSR count). The van der Waals surface area contributed by atoms with Gasteiger partial charge in [0.2, 0.25) is 5.76 Å². The Bertz CT molecular complexity index is 1170. The smallest absolute Gasteiger partial charge is 0.290 e. The fourth-order valence-corrected chi connectivity index (χ4v) is 3.81. The number of carbonyl (C=O) groups excluding carboxylic acids is 1. The van der Waals surface area contributed by atoms with Crippen LogP contribution in [0.3, 0.4) is 0 Å². The maximum Gasteiger partial charge on any atom is 0.290 e. The minimum Gasteiger partial charge on any atom is -0.493 e. The summed E-state index contributed by atoms with van der Waals surface area (Å²) >= 11 is 6.06. The van der Waals surface area contributed by atoms with Crippen LogP contribution in [0.1, 0.15) is 41.1 Å². The van der Waals surface area contributed by atoms with Gasteiger partial charge in [-0.15, -0.1) is 0 Å². The van der Waals surface area contributed by atoms with Crippen molar-refractivity contribution in [2.75, 3.05) is 20.8 Å². The third-order valence-electron chi connectivity index (χ3n) is 5.03. The number of fused-ring (bicyclic) bond motifs is 2. The monoisotopic (exact) mass is 413 g/mol. The number of carbonyl (C=O) groups is 1. The van der Waals surface area contributed by atoms with Crippen LogP contribution in [-0.2, 0) is 0 Å². The lowest BCUT2D eigenvalue weighted by Crippen LogP contribution is -2.25. The number of nitrogens with zero attached hydrogens (tertiary/aromatic N) is 1. The number of hydrogen-bond donors (Lipinski definition) is 0. The van der Waals surface area contributed by atoms with Crippen LogP contribution in [-0.4, -0.2) is 31.6 Å². The van der Waals surface area contributed by atoms with E-state index in [1.54, 1.807) is 44.5 Å². The van der Waals surface area contributed by atoms with Gasteiger partial charge in [0, 0.05) is 12.1 Å². The van der Waals surface area contributed by atoms with E-state index in [2.05, 4.69) is 0 Å². The zero-order valence-electron chi connectivity index (χ0n) is 16.3. The normalized spacial score (nSPS) is 15.7. The second kappa shape index (κ2) is 7.44. The number of benzene rings is 2. The molecule has 29 heavy (non-hydrogen) atoms. The Hall–Kier alpha value is -2.99. The molecule has 1 aromatic heterocycles. The number of hydrogen-bond acceptors (Lipinski definition) is 5. The van der Waals surface area contributed by atoms with E-state index in [1.807, 2.05) is 13.0 Å². The molecule has 3 aromatic rings. The molecule has 0 aliphatic carbocycles. The van der Waals surface area contributed by atoms with Gasteiger partial charge in [-0.3, -0.25) is 9.59 Å². The lowest BCUT2D eigenvalue weighted by molar-refractivity contribution is 0.0771. The van der Waals surface area contributed by atoms with Crippen molar-refractivity contribution in [2.45, 2.75) is 19.4 Å². The molecule has 0 N–H and O–H groups in total. The first-order valence-electron chi connectivity index (χ1n) is 9.30. The van der Waals surface area contributed by atoms with E-state index in [1.165, 1.54) is 4.90 Å². The van der Waals surface area contributed by atoms with Crippen LogP contribution in [0.15, 0.2) is 45.6 Å². The van der Waals surface area contributed by atoms with Crippen LogP contribution in [0.5, 0.6) is 11.5 Å². The number of ether oxygens (including phenoxy) is 2. The summed E-state index contributed by atoms with van der Waals surface area (Å²) in [6.45, 7) is 2.59. The summed E-state index contributed by atoms with van der Waals surface area (Å²) in [6, 6.07) is 9.61. The first kappa shape index (κ1) is 19.3. The molecule has 7 heteroatoms. The molecule has 1 amide bonds. The molecule has 1 aliphatic rings. The molecule has 2 aromatic carbocycles. The van der Waals surface area contributed by atoms with Gasteiger partial charge in [0.1, 0.15) is 5.58 Å². The first-order chi connectivity index (χ1) is 14.0. The van der Waals surface area contributed by atoms with E-state index in [9.17, 15) is 9.59 Å². The zero-order chi connectivity index (χ0) is 20.7. The van der Waals surface area contributed by atoms with Gasteiger partial charge in [0.05, 0.1) is 30.7 Å². The van der Waals surface area contributed by atoms with E-state index >= 15 is 0 Å². The van der Waals surface area contributed by atoms with Gasteiger partial charge in [0.15, 0.2) is 16.9 Å². The largest absolute Gasteiger partial charge is 0.493 e. The van der Waals surface area contributed by atoms with Crippen molar-refractivity contribution in [3.05, 3.63) is 68.5 Å². The average Bonchev–Trinajstić information content (AvgIpc) is 2.98. The average molecular weight is 414 g/mol. The van der Waals surface area contributed by atoms with Crippen molar-refractivity contribution in [3.63, 3.8) is 0 Å². The molecule has 6 nitrogen and oxygen atoms in total. The maximum atomic E-state index is 13.3. The fourth-order valence-electron chi connectivity index (χ4n) is 3.64. The SMILES string of the molecule is CCCOc1ccc([C@@H]2c3c(oc4ccc(Cl)cc4c3=O)C(=O)N2C)cc1OC. The Morgan fingerprint density at radius 2 is 1.93 bits per heavy atom. The highest BCUT2D eigenvalue weighted by Crippen LogP contribution is 2.40. The highest BCUT2D eigenvalue weighted by Gasteiger charge is 2.41. The molecule has 0 spiro atoms. The van der Waals surface area contributed by atoms with Crippen molar-refractivity contribution in [2.24, 2.45) is 0 Å². The van der Waals surface area contributed by atoms with E-state index in [4.69, 9.17) is 25.5 Å². The van der Waals surface area contributed by atoms with Gasteiger partial charge < -0.3 is 18.8 Å². The summed E-state index contributed by atoms with van der Waals surface area (Å²) in [5.41, 5.74) is 1.10. The summed E-state index contributed by atoms with van der Waals surface area (Å²) in [5.74, 6) is 0.868. The van der Waals surface area contributed by atoms with Crippen molar-refractivity contribution in [3.8, 4) is 11.5 Å². The number of amides is 1. The second-order valence-electron chi connectivity index (χ2n) is 6.89. The molecule has 1 atom stereocenters. The number of halogens is 1. The van der Waals surface area contributed by atoms with Gasteiger partial charge in [-0.25, -0.2) is 0 Å². The summed E-state index contributed by atoms with van der Waals surface area (Å²) in [5, 5.41) is 0.775. The van der Waals surface area contributed by atoms with Crippen LogP contribution < -0.4 is 14.9 Å². The molecule has 2 heterocycles. The van der Waals surface area contributed by atoms with E-state index in [-0.39, 0.29) is 17.1 Å². The lowest BCUT2D eigenvalue weighted by atomic mass is 9.98. The van der Waals surface area contributed by atoms with Crippen molar-refractivity contribution >= 4 is 28.5 Å². The molecule has 150 valence electrons. The van der Waals surface area contributed by atoms with Gasteiger partial charge >= 0.3 is 0 Å². The van der Waals surface area contributed by atoms with Gasteiger partial charge in [-0.1, -0.05) is 24.6 Å². The third-order valence-corrected chi connectivity index (χ3v) is 5.26. The van der Waals surface area contributed by atoms with Crippen LogP contribution >= 0.6 is 11.6 Å². The summed E-state index contributed by atoms with van der Waals surface area (Å²) in [6.07, 6.45) is 0.870. The number of methoxy groups -OCH3 is 1. The highest BCUT2D eigenvalue weighted by atomic mass is 35.5. The van der Waals surface area contributed by atoms with Crippen molar-refractivity contribution < 1.29 is 18.7 Å². The molecule has 0 saturated carbocycles. The second-order valence-corrected chi connectivity index (χ2v) is 7.33. The first-order valence-corrected chi connectivity index (χ1v) is 9.68. The predicted octanol–water partition coefficient (Wildman–Crippen LogP) is 4.42. The number of rotatable bonds is 5. The minimum atomic E-state index is -0.591. The molecular weight excluding hydrogens is 394 g/mol. The maximum absolute atomic E-state index is 13.3. The molecular formula is C22H20ClNO5. The molecule has 0 unspecified atom stereocenters. The third kappa shape index (κ3) is 3.13.